The van der Waals surface area contributed by atoms with Gasteiger partial charge >= 0.3 is 0 Å². The molecule has 3 rings (SSSR count). The van der Waals surface area contributed by atoms with Gasteiger partial charge < -0.3 is 10.1 Å². The minimum Gasteiger partial charge on any atom is -0.494 e. The summed E-state index contributed by atoms with van der Waals surface area (Å²) in [4.78, 5) is 24.8. The van der Waals surface area contributed by atoms with E-state index in [4.69, 9.17) is 4.74 Å². The van der Waals surface area contributed by atoms with Crippen molar-refractivity contribution >= 4 is 11.7 Å². The zero-order chi connectivity index (χ0) is 16.6. The molecule has 1 aromatic rings. The van der Waals surface area contributed by atoms with Crippen LogP contribution in [0.15, 0.2) is 35.5 Å². The van der Waals surface area contributed by atoms with Crippen molar-refractivity contribution in [3.8, 4) is 5.75 Å². The number of ketones is 1. The molecule has 0 bridgehead atoms. The van der Waals surface area contributed by atoms with E-state index < -0.39 is 0 Å². The van der Waals surface area contributed by atoms with Crippen LogP contribution in [-0.4, -0.2) is 18.3 Å². The fourth-order valence-corrected chi connectivity index (χ4v) is 3.63. The number of hydrogen-bond donors (Lipinski definition) is 1. The summed E-state index contributed by atoms with van der Waals surface area (Å²) in [5, 5.41) is 2.93. The summed E-state index contributed by atoms with van der Waals surface area (Å²) in [6.45, 7) is 6.67. The number of hydrogen-bond acceptors (Lipinski definition) is 3. The average molecular weight is 313 g/mol. The van der Waals surface area contributed by atoms with Crippen LogP contribution in [0.4, 0.5) is 0 Å². The third-order valence-corrected chi connectivity index (χ3v) is 4.52. The van der Waals surface area contributed by atoms with Crippen LogP contribution in [-0.2, 0) is 9.59 Å². The predicted molar refractivity (Wildman–Crippen MR) is 88.2 cm³/mol. The topological polar surface area (TPSA) is 55.4 Å². The van der Waals surface area contributed by atoms with Gasteiger partial charge in [0.05, 0.1) is 6.61 Å². The number of Topliss-reactive ketones (excluding diaryl/α,β-unsaturated/α-hetero) is 1. The average Bonchev–Trinajstić information content (AvgIpc) is 2.45. The number of rotatable bonds is 3. The van der Waals surface area contributed by atoms with Crippen molar-refractivity contribution in [1.29, 1.82) is 0 Å². The van der Waals surface area contributed by atoms with Crippen LogP contribution in [0.5, 0.6) is 5.75 Å². The lowest BCUT2D eigenvalue weighted by Gasteiger charge is -2.37. The third-order valence-electron chi connectivity index (χ3n) is 4.52. The minimum absolute atomic E-state index is 0.0129. The molecule has 1 aromatic carbocycles. The number of benzene rings is 1. The van der Waals surface area contributed by atoms with E-state index in [1.165, 1.54) is 0 Å². The first-order chi connectivity index (χ1) is 10.9. The molecular formula is C19H23NO3. The Balaban J connectivity index is 2.03. The first-order valence-corrected chi connectivity index (χ1v) is 8.18. The van der Waals surface area contributed by atoms with E-state index in [0.29, 0.717) is 19.4 Å². The van der Waals surface area contributed by atoms with Gasteiger partial charge in [0.1, 0.15) is 5.75 Å². The number of carbonyl (C=O) groups excluding carboxylic acids is 2. The Bertz CT molecular complexity index is 688. The Labute approximate surface area is 136 Å². The molecule has 0 radical (unpaired) electrons. The number of carbonyl (C=O) groups is 2. The molecule has 4 heteroatoms. The molecule has 1 amide bonds. The maximum Gasteiger partial charge on any atom is 0.225 e. The quantitative estimate of drug-likeness (QED) is 0.931. The second-order valence-electron chi connectivity index (χ2n) is 7.14. The molecule has 23 heavy (non-hydrogen) atoms. The molecule has 1 N–H and O–H groups in total. The highest BCUT2D eigenvalue weighted by molar-refractivity contribution is 6.02. The summed E-state index contributed by atoms with van der Waals surface area (Å²) in [7, 11) is 0. The first-order valence-electron chi connectivity index (χ1n) is 8.18. The molecule has 1 aliphatic carbocycles. The van der Waals surface area contributed by atoms with Gasteiger partial charge in [0, 0.05) is 30.0 Å². The largest absolute Gasteiger partial charge is 0.494 e. The molecule has 122 valence electrons. The van der Waals surface area contributed by atoms with Crippen molar-refractivity contribution in [3.63, 3.8) is 0 Å². The molecule has 1 atom stereocenters. The van der Waals surface area contributed by atoms with Crippen LogP contribution >= 0.6 is 0 Å². The summed E-state index contributed by atoms with van der Waals surface area (Å²) in [6.07, 6.45) is 1.59. The summed E-state index contributed by atoms with van der Waals surface area (Å²) in [5.41, 5.74) is 2.48. The van der Waals surface area contributed by atoms with Crippen molar-refractivity contribution in [2.24, 2.45) is 5.41 Å². The maximum atomic E-state index is 12.7. The zero-order valence-electron chi connectivity index (χ0n) is 13.9. The summed E-state index contributed by atoms with van der Waals surface area (Å²) >= 11 is 0. The summed E-state index contributed by atoms with van der Waals surface area (Å²) in [5.74, 6) is 0.758. The molecule has 0 unspecified atom stereocenters. The fourth-order valence-electron chi connectivity index (χ4n) is 3.63. The third kappa shape index (κ3) is 3.16. The van der Waals surface area contributed by atoms with Crippen LogP contribution in [0.2, 0.25) is 0 Å². The fraction of sp³-hybridized carbons (Fsp3) is 0.474. The Morgan fingerprint density at radius 2 is 2.04 bits per heavy atom. The summed E-state index contributed by atoms with van der Waals surface area (Å²) < 4.78 is 5.56. The smallest absolute Gasteiger partial charge is 0.225 e. The second-order valence-corrected chi connectivity index (χ2v) is 7.14. The highest BCUT2D eigenvalue weighted by Gasteiger charge is 2.40. The van der Waals surface area contributed by atoms with Crippen molar-refractivity contribution in [1.82, 2.24) is 5.32 Å². The molecular weight excluding hydrogens is 290 g/mol. The highest BCUT2D eigenvalue weighted by atomic mass is 16.5. The Kier molecular flexibility index (Phi) is 4.00. The molecule has 0 saturated heterocycles. The lowest BCUT2D eigenvalue weighted by molar-refractivity contribution is -0.122. The van der Waals surface area contributed by atoms with Gasteiger partial charge in [0.25, 0.3) is 0 Å². The van der Waals surface area contributed by atoms with E-state index in [0.717, 1.165) is 29.0 Å². The van der Waals surface area contributed by atoms with Crippen molar-refractivity contribution in [3.05, 3.63) is 41.1 Å². The van der Waals surface area contributed by atoms with Crippen LogP contribution < -0.4 is 10.1 Å². The maximum absolute atomic E-state index is 12.7. The molecule has 0 spiro atoms. The monoisotopic (exact) mass is 313 g/mol. The normalized spacial score (nSPS) is 23.3. The van der Waals surface area contributed by atoms with E-state index in [-0.39, 0.29) is 23.0 Å². The van der Waals surface area contributed by atoms with Gasteiger partial charge in [0.15, 0.2) is 5.78 Å². The van der Waals surface area contributed by atoms with Gasteiger partial charge in [-0.25, -0.2) is 0 Å². The van der Waals surface area contributed by atoms with Crippen LogP contribution in [0.1, 0.15) is 51.5 Å². The van der Waals surface area contributed by atoms with Gasteiger partial charge in [-0.2, -0.15) is 0 Å². The molecule has 1 aliphatic heterocycles. The van der Waals surface area contributed by atoms with Gasteiger partial charge in [-0.1, -0.05) is 26.0 Å². The van der Waals surface area contributed by atoms with Crippen LogP contribution in [0.3, 0.4) is 0 Å². The van der Waals surface area contributed by atoms with Crippen molar-refractivity contribution in [2.75, 3.05) is 6.61 Å². The lowest BCUT2D eigenvalue weighted by atomic mass is 9.70. The molecule has 4 nitrogen and oxygen atoms in total. The van der Waals surface area contributed by atoms with Crippen molar-refractivity contribution < 1.29 is 14.3 Å². The summed E-state index contributed by atoms with van der Waals surface area (Å²) in [6, 6.07) is 7.75. The second kappa shape index (κ2) is 5.84. The molecule has 1 heterocycles. The van der Waals surface area contributed by atoms with Gasteiger partial charge in [-0.3, -0.25) is 9.59 Å². The van der Waals surface area contributed by atoms with Crippen LogP contribution in [0.25, 0.3) is 0 Å². The zero-order valence-corrected chi connectivity index (χ0v) is 13.9. The van der Waals surface area contributed by atoms with Crippen LogP contribution in [0, 0.1) is 5.41 Å². The standard InChI is InChI=1S/C19H23NO3/c1-4-23-13-7-5-6-12(8-13)14-9-17(22)20-15-10-19(2,3)11-16(21)18(14)15/h5-8,14H,4,9-11H2,1-3H3,(H,20,22)/t14-/m1/s1. The molecule has 2 aliphatic rings. The van der Waals surface area contributed by atoms with Crippen molar-refractivity contribution in [2.45, 2.75) is 46.0 Å². The van der Waals surface area contributed by atoms with E-state index in [9.17, 15) is 9.59 Å². The highest BCUT2D eigenvalue weighted by Crippen LogP contribution is 2.44. The number of amides is 1. The first kappa shape index (κ1) is 15.8. The van der Waals surface area contributed by atoms with E-state index >= 15 is 0 Å². The van der Waals surface area contributed by atoms with Gasteiger partial charge in [0.2, 0.25) is 5.91 Å². The minimum atomic E-state index is -0.164. The number of allylic oxidation sites excluding steroid dienone is 2. The van der Waals surface area contributed by atoms with Gasteiger partial charge in [-0.15, -0.1) is 0 Å². The van der Waals surface area contributed by atoms with Gasteiger partial charge in [-0.05, 0) is 36.5 Å². The van der Waals surface area contributed by atoms with E-state index in [1.807, 2.05) is 31.2 Å². The van der Waals surface area contributed by atoms with E-state index in [2.05, 4.69) is 19.2 Å². The van der Waals surface area contributed by atoms with E-state index in [1.54, 1.807) is 0 Å². The number of ether oxygens (including phenoxy) is 1. The SMILES string of the molecule is CCOc1cccc([C@H]2CC(=O)NC3=C2C(=O)CC(C)(C)C3)c1. The predicted octanol–water partition coefficient (Wildman–Crippen LogP) is 3.33. The molecule has 0 fully saturated rings. The Hall–Kier alpha value is -2.10. The molecule has 0 saturated carbocycles. The Morgan fingerprint density at radius 1 is 1.26 bits per heavy atom. The number of nitrogens with one attached hydrogen (secondary N) is 1. The Morgan fingerprint density at radius 3 is 2.78 bits per heavy atom. The molecule has 0 aromatic heterocycles. The lowest BCUT2D eigenvalue weighted by Crippen LogP contribution is -2.40.